The summed E-state index contributed by atoms with van der Waals surface area (Å²) in [5.41, 5.74) is 0.737. The van der Waals surface area contributed by atoms with Crippen LogP contribution in [0.4, 0.5) is 0 Å². The van der Waals surface area contributed by atoms with Crippen LogP contribution in [0.15, 0.2) is 0 Å². The van der Waals surface area contributed by atoms with Crippen molar-refractivity contribution < 1.29 is 0 Å². The van der Waals surface area contributed by atoms with Gasteiger partial charge in [0.2, 0.25) is 0 Å². The summed E-state index contributed by atoms with van der Waals surface area (Å²) >= 11 is 0. The zero-order valence-corrected chi connectivity index (χ0v) is 9.68. The van der Waals surface area contributed by atoms with Crippen LogP contribution in [-0.2, 0) is 0 Å². The van der Waals surface area contributed by atoms with E-state index in [1.807, 2.05) is 0 Å². The van der Waals surface area contributed by atoms with Gasteiger partial charge in [-0.15, -0.1) is 0 Å². The fraction of sp³-hybridized carbons (Fsp3) is 1.00. The van der Waals surface area contributed by atoms with Gasteiger partial charge in [-0.05, 0) is 44.2 Å². The minimum Gasteiger partial charge on any atom is -0.313 e. The smallest absolute Gasteiger partial charge is 0.0207 e. The SMILES string of the molecule is CCNC1CCN(CC2(CC)CC2)C1. The van der Waals surface area contributed by atoms with Gasteiger partial charge < -0.3 is 10.2 Å². The molecule has 0 spiro atoms. The number of likely N-dealkylation sites (tertiary alicyclic amines) is 1. The third-order valence-corrected chi connectivity index (χ3v) is 4.03. The third-order valence-electron chi connectivity index (χ3n) is 4.03. The Morgan fingerprint density at radius 2 is 2.14 bits per heavy atom. The molecule has 0 aromatic carbocycles. The molecule has 1 aliphatic heterocycles. The lowest BCUT2D eigenvalue weighted by molar-refractivity contribution is 0.253. The van der Waals surface area contributed by atoms with Crippen molar-refractivity contribution in [1.82, 2.24) is 10.2 Å². The molecule has 1 aliphatic carbocycles. The van der Waals surface area contributed by atoms with Crippen LogP contribution in [0.25, 0.3) is 0 Å². The molecular weight excluding hydrogens is 172 g/mol. The predicted molar refractivity (Wildman–Crippen MR) is 60.5 cm³/mol. The molecule has 2 heteroatoms. The second-order valence-electron chi connectivity index (χ2n) is 5.13. The van der Waals surface area contributed by atoms with Crippen LogP contribution in [0.2, 0.25) is 0 Å². The van der Waals surface area contributed by atoms with Gasteiger partial charge in [0.25, 0.3) is 0 Å². The van der Waals surface area contributed by atoms with E-state index in [4.69, 9.17) is 0 Å². The Balaban J connectivity index is 1.73. The van der Waals surface area contributed by atoms with Crippen LogP contribution in [-0.4, -0.2) is 37.1 Å². The molecule has 1 saturated carbocycles. The number of hydrogen-bond donors (Lipinski definition) is 1. The molecule has 0 bridgehead atoms. The van der Waals surface area contributed by atoms with Crippen molar-refractivity contribution in [1.29, 1.82) is 0 Å². The maximum atomic E-state index is 3.56. The predicted octanol–water partition coefficient (Wildman–Crippen LogP) is 1.86. The highest BCUT2D eigenvalue weighted by Gasteiger charge is 2.42. The quantitative estimate of drug-likeness (QED) is 0.722. The van der Waals surface area contributed by atoms with Gasteiger partial charge >= 0.3 is 0 Å². The molecule has 2 aliphatic rings. The zero-order valence-electron chi connectivity index (χ0n) is 9.68. The lowest BCUT2D eigenvalue weighted by Gasteiger charge is -2.22. The van der Waals surface area contributed by atoms with Gasteiger partial charge in [0.05, 0.1) is 0 Å². The molecule has 1 saturated heterocycles. The Labute approximate surface area is 88.1 Å². The summed E-state index contributed by atoms with van der Waals surface area (Å²) in [6.07, 6.45) is 5.70. The average Bonchev–Trinajstić information content (AvgIpc) is 2.82. The van der Waals surface area contributed by atoms with E-state index in [-0.39, 0.29) is 0 Å². The molecule has 0 radical (unpaired) electrons. The molecule has 1 heterocycles. The van der Waals surface area contributed by atoms with Crippen LogP contribution in [0, 0.1) is 5.41 Å². The van der Waals surface area contributed by atoms with Crippen LogP contribution >= 0.6 is 0 Å². The standard InChI is InChI=1S/C12H24N2/c1-3-12(6-7-12)10-14-8-5-11(9-14)13-4-2/h11,13H,3-10H2,1-2H3. The molecule has 1 atom stereocenters. The number of likely N-dealkylation sites (N-methyl/N-ethyl adjacent to an activating group) is 1. The van der Waals surface area contributed by atoms with Gasteiger partial charge in [-0.2, -0.15) is 0 Å². The van der Waals surface area contributed by atoms with Gasteiger partial charge in [-0.1, -0.05) is 13.8 Å². The zero-order chi connectivity index (χ0) is 10.0. The van der Waals surface area contributed by atoms with E-state index in [1.54, 1.807) is 0 Å². The molecule has 82 valence electrons. The van der Waals surface area contributed by atoms with E-state index in [0.29, 0.717) is 0 Å². The molecular formula is C12H24N2. The second-order valence-corrected chi connectivity index (χ2v) is 5.13. The first kappa shape index (κ1) is 10.4. The van der Waals surface area contributed by atoms with Crippen LogP contribution in [0.1, 0.15) is 39.5 Å². The van der Waals surface area contributed by atoms with E-state index < -0.39 is 0 Å². The van der Waals surface area contributed by atoms with Crippen molar-refractivity contribution in [2.75, 3.05) is 26.2 Å². The van der Waals surface area contributed by atoms with Crippen molar-refractivity contribution in [3.63, 3.8) is 0 Å². The topological polar surface area (TPSA) is 15.3 Å². The number of nitrogens with one attached hydrogen (secondary N) is 1. The summed E-state index contributed by atoms with van der Waals surface area (Å²) in [5.74, 6) is 0. The fourth-order valence-corrected chi connectivity index (χ4v) is 2.71. The summed E-state index contributed by atoms with van der Waals surface area (Å²) in [6, 6.07) is 0.771. The van der Waals surface area contributed by atoms with Crippen molar-refractivity contribution in [3.05, 3.63) is 0 Å². The monoisotopic (exact) mass is 196 g/mol. The molecule has 2 rings (SSSR count). The van der Waals surface area contributed by atoms with E-state index in [1.165, 1.54) is 45.3 Å². The number of nitrogens with zero attached hydrogens (tertiary/aromatic N) is 1. The van der Waals surface area contributed by atoms with Crippen molar-refractivity contribution in [2.24, 2.45) is 5.41 Å². The molecule has 1 unspecified atom stereocenters. The van der Waals surface area contributed by atoms with E-state index in [9.17, 15) is 0 Å². The third kappa shape index (κ3) is 2.29. The Kier molecular flexibility index (Phi) is 3.13. The summed E-state index contributed by atoms with van der Waals surface area (Å²) in [4.78, 5) is 2.67. The largest absolute Gasteiger partial charge is 0.313 e. The molecule has 14 heavy (non-hydrogen) atoms. The number of rotatable bonds is 5. The Morgan fingerprint density at radius 1 is 1.36 bits per heavy atom. The van der Waals surface area contributed by atoms with Gasteiger partial charge in [0.15, 0.2) is 0 Å². The van der Waals surface area contributed by atoms with Crippen LogP contribution in [0.3, 0.4) is 0 Å². The average molecular weight is 196 g/mol. The molecule has 0 aromatic heterocycles. The maximum absolute atomic E-state index is 3.56. The first-order chi connectivity index (χ1) is 6.78. The van der Waals surface area contributed by atoms with Gasteiger partial charge in [-0.3, -0.25) is 0 Å². The Hall–Kier alpha value is -0.0800. The highest BCUT2D eigenvalue weighted by Crippen LogP contribution is 2.49. The van der Waals surface area contributed by atoms with E-state index in [2.05, 4.69) is 24.1 Å². The summed E-state index contributed by atoms with van der Waals surface area (Å²) in [7, 11) is 0. The summed E-state index contributed by atoms with van der Waals surface area (Å²) < 4.78 is 0. The molecule has 2 fully saturated rings. The molecule has 2 nitrogen and oxygen atoms in total. The first-order valence-corrected chi connectivity index (χ1v) is 6.24. The minimum absolute atomic E-state index is 0.737. The molecule has 0 amide bonds. The summed E-state index contributed by atoms with van der Waals surface area (Å²) in [6.45, 7) is 9.65. The molecule has 1 N–H and O–H groups in total. The highest BCUT2D eigenvalue weighted by molar-refractivity contribution is 4.96. The molecule has 0 aromatic rings. The lowest BCUT2D eigenvalue weighted by atomic mass is 10.0. The van der Waals surface area contributed by atoms with Crippen molar-refractivity contribution in [3.8, 4) is 0 Å². The van der Waals surface area contributed by atoms with Gasteiger partial charge in [-0.25, -0.2) is 0 Å². The van der Waals surface area contributed by atoms with Crippen LogP contribution < -0.4 is 5.32 Å². The number of hydrogen-bond acceptors (Lipinski definition) is 2. The van der Waals surface area contributed by atoms with Crippen molar-refractivity contribution in [2.45, 2.75) is 45.6 Å². The highest BCUT2D eigenvalue weighted by atomic mass is 15.2. The Bertz CT molecular complexity index is 187. The normalized spacial score (nSPS) is 30.9. The second kappa shape index (κ2) is 4.19. The van der Waals surface area contributed by atoms with Crippen LogP contribution in [0.5, 0.6) is 0 Å². The first-order valence-electron chi connectivity index (χ1n) is 6.24. The van der Waals surface area contributed by atoms with Gasteiger partial charge in [0, 0.05) is 19.1 Å². The van der Waals surface area contributed by atoms with Crippen molar-refractivity contribution >= 4 is 0 Å². The van der Waals surface area contributed by atoms with E-state index >= 15 is 0 Å². The fourth-order valence-electron chi connectivity index (χ4n) is 2.71. The van der Waals surface area contributed by atoms with Gasteiger partial charge in [0.1, 0.15) is 0 Å². The summed E-state index contributed by atoms with van der Waals surface area (Å²) in [5, 5.41) is 3.56. The Morgan fingerprint density at radius 3 is 2.71 bits per heavy atom. The maximum Gasteiger partial charge on any atom is 0.0207 e. The lowest BCUT2D eigenvalue weighted by Crippen LogP contribution is -2.34. The van der Waals surface area contributed by atoms with E-state index in [0.717, 1.165) is 18.0 Å². The minimum atomic E-state index is 0.737.